The molecule has 1 heterocycles. The third-order valence-corrected chi connectivity index (χ3v) is 3.34. The molecule has 17 heavy (non-hydrogen) atoms. The normalized spacial score (nSPS) is 15.1. The molecule has 3 nitrogen and oxygen atoms in total. The second-order valence-corrected chi connectivity index (χ2v) is 4.72. The fourth-order valence-electron chi connectivity index (χ4n) is 2.00. The first-order chi connectivity index (χ1) is 8.16. The van der Waals surface area contributed by atoms with Crippen molar-refractivity contribution in [2.75, 3.05) is 0 Å². The van der Waals surface area contributed by atoms with Crippen LogP contribution in [0.5, 0.6) is 0 Å². The Hall–Kier alpha value is -1.61. The molecule has 0 amide bonds. The van der Waals surface area contributed by atoms with Gasteiger partial charge >= 0.3 is 5.97 Å². The first-order valence-corrected chi connectivity index (χ1v) is 5.87. The smallest absolute Gasteiger partial charge is 0.336 e. The van der Waals surface area contributed by atoms with Crippen LogP contribution in [0.4, 0.5) is 0 Å². The SMILES string of the molecule is O=C(O)c1cc(C2CC2)nc2c(Cl)cccc12. The molecular formula is C13H10ClNO2. The first kappa shape index (κ1) is 10.5. The Kier molecular flexibility index (Phi) is 2.30. The number of fused-ring (bicyclic) bond motifs is 1. The van der Waals surface area contributed by atoms with Gasteiger partial charge in [0.1, 0.15) is 0 Å². The van der Waals surface area contributed by atoms with Gasteiger partial charge in [0, 0.05) is 17.0 Å². The highest BCUT2D eigenvalue weighted by molar-refractivity contribution is 6.35. The molecule has 2 aromatic rings. The van der Waals surface area contributed by atoms with Crippen molar-refractivity contribution in [3.63, 3.8) is 0 Å². The molecule has 1 aliphatic carbocycles. The number of carboxylic acid groups (broad SMARTS) is 1. The summed E-state index contributed by atoms with van der Waals surface area (Å²) in [6, 6.07) is 6.90. The lowest BCUT2D eigenvalue weighted by Crippen LogP contribution is -2.01. The van der Waals surface area contributed by atoms with Crippen LogP contribution in [-0.4, -0.2) is 16.1 Å². The van der Waals surface area contributed by atoms with Crippen molar-refractivity contribution in [2.24, 2.45) is 0 Å². The molecule has 1 saturated carbocycles. The van der Waals surface area contributed by atoms with E-state index in [1.165, 1.54) is 0 Å². The zero-order chi connectivity index (χ0) is 12.0. The van der Waals surface area contributed by atoms with Gasteiger partial charge in [0.15, 0.2) is 0 Å². The molecule has 1 N–H and O–H groups in total. The Morgan fingerprint density at radius 2 is 2.18 bits per heavy atom. The quantitative estimate of drug-likeness (QED) is 0.884. The topological polar surface area (TPSA) is 50.2 Å². The molecule has 1 aliphatic rings. The molecule has 86 valence electrons. The Labute approximate surface area is 103 Å². The van der Waals surface area contributed by atoms with Crippen molar-refractivity contribution in [3.8, 4) is 0 Å². The number of para-hydroxylation sites is 1. The van der Waals surface area contributed by atoms with E-state index in [1.54, 1.807) is 24.3 Å². The third-order valence-electron chi connectivity index (χ3n) is 3.04. The van der Waals surface area contributed by atoms with Gasteiger partial charge in [-0.15, -0.1) is 0 Å². The monoisotopic (exact) mass is 247 g/mol. The minimum atomic E-state index is -0.929. The number of hydrogen-bond acceptors (Lipinski definition) is 2. The van der Waals surface area contributed by atoms with E-state index in [-0.39, 0.29) is 0 Å². The summed E-state index contributed by atoms with van der Waals surface area (Å²) in [6.07, 6.45) is 2.17. The Morgan fingerprint density at radius 1 is 1.41 bits per heavy atom. The van der Waals surface area contributed by atoms with Crippen LogP contribution >= 0.6 is 11.6 Å². The zero-order valence-electron chi connectivity index (χ0n) is 8.98. The molecule has 1 aromatic heterocycles. The number of rotatable bonds is 2. The van der Waals surface area contributed by atoms with Crippen LogP contribution in [0.15, 0.2) is 24.3 Å². The summed E-state index contributed by atoms with van der Waals surface area (Å²) in [7, 11) is 0. The van der Waals surface area contributed by atoms with E-state index < -0.39 is 5.97 Å². The third kappa shape index (κ3) is 1.76. The average Bonchev–Trinajstić information content (AvgIpc) is 3.12. The number of carboxylic acids is 1. The number of benzene rings is 1. The van der Waals surface area contributed by atoms with E-state index in [0.29, 0.717) is 27.4 Å². The van der Waals surface area contributed by atoms with Crippen LogP contribution in [0.3, 0.4) is 0 Å². The first-order valence-electron chi connectivity index (χ1n) is 5.49. The highest BCUT2D eigenvalue weighted by Crippen LogP contribution is 2.40. The van der Waals surface area contributed by atoms with Crippen molar-refractivity contribution in [3.05, 3.63) is 40.5 Å². The summed E-state index contributed by atoms with van der Waals surface area (Å²) in [6.45, 7) is 0. The van der Waals surface area contributed by atoms with Crippen molar-refractivity contribution in [2.45, 2.75) is 18.8 Å². The maximum absolute atomic E-state index is 11.3. The van der Waals surface area contributed by atoms with Crippen LogP contribution in [-0.2, 0) is 0 Å². The highest BCUT2D eigenvalue weighted by Gasteiger charge is 2.27. The number of pyridine rings is 1. The largest absolute Gasteiger partial charge is 0.478 e. The molecule has 0 unspecified atom stereocenters. The number of halogens is 1. The maximum atomic E-state index is 11.3. The average molecular weight is 248 g/mol. The predicted molar refractivity (Wildman–Crippen MR) is 65.7 cm³/mol. The van der Waals surface area contributed by atoms with Crippen molar-refractivity contribution < 1.29 is 9.90 Å². The molecule has 0 bridgehead atoms. The molecule has 0 radical (unpaired) electrons. The number of aromatic carboxylic acids is 1. The molecular weight excluding hydrogens is 238 g/mol. The second-order valence-electron chi connectivity index (χ2n) is 4.31. The van der Waals surface area contributed by atoms with Gasteiger partial charge in [-0.05, 0) is 25.0 Å². The summed E-state index contributed by atoms with van der Waals surface area (Å²) in [5.74, 6) is -0.518. The lowest BCUT2D eigenvalue weighted by Gasteiger charge is -2.07. The zero-order valence-corrected chi connectivity index (χ0v) is 9.74. The van der Waals surface area contributed by atoms with Gasteiger partial charge in [0.25, 0.3) is 0 Å². The van der Waals surface area contributed by atoms with Gasteiger partial charge < -0.3 is 5.11 Å². The number of aromatic nitrogens is 1. The Balaban J connectivity index is 2.35. The highest BCUT2D eigenvalue weighted by atomic mass is 35.5. The predicted octanol–water partition coefficient (Wildman–Crippen LogP) is 3.46. The van der Waals surface area contributed by atoms with E-state index in [4.69, 9.17) is 11.6 Å². The van der Waals surface area contributed by atoms with Crippen LogP contribution in [0.2, 0.25) is 5.02 Å². The van der Waals surface area contributed by atoms with Crippen molar-refractivity contribution >= 4 is 28.5 Å². The van der Waals surface area contributed by atoms with E-state index in [9.17, 15) is 9.90 Å². The molecule has 1 aromatic carbocycles. The van der Waals surface area contributed by atoms with Gasteiger partial charge in [0.2, 0.25) is 0 Å². The van der Waals surface area contributed by atoms with Crippen LogP contribution in [0, 0.1) is 0 Å². The van der Waals surface area contributed by atoms with Crippen molar-refractivity contribution in [1.82, 2.24) is 4.98 Å². The van der Waals surface area contributed by atoms with Crippen molar-refractivity contribution in [1.29, 1.82) is 0 Å². The minimum absolute atomic E-state index is 0.291. The standard InChI is InChI=1S/C13H10ClNO2/c14-10-3-1-2-8-9(13(16)17)6-11(7-4-5-7)15-12(8)10/h1-3,6-7H,4-5H2,(H,16,17). The molecule has 0 spiro atoms. The number of carbonyl (C=O) groups is 1. The van der Waals surface area contributed by atoms with E-state index in [2.05, 4.69) is 4.98 Å². The van der Waals surface area contributed by atoms with Gasteiger partial charge in [-0.2, -0.15) is 0 Å². The van der Waals surface area contributed by atoms with Crippen LogP contribution < -0.4 is 0 Å². The van der Waals surface area contributed by atoms with Gasteiger partial charge in [-0.3, -0.25) is 4.98 Å². The number of hydrogen-bond donors (Lipinski definition) is 1. The molecule has 4 heteroatoms. The molecule has 3 rings (SSSR count). The molecule has 0 saturated heterocycles. The van der Waals surface area contributed by atoms with Gasteiger partial charge in [-0.25, -0.2) is 4.79 Å². The minimum Gasteiger partial charge on any atom is -0.478 e. The molecule has 0 atom stereocenters. The maximum Gasteiger partial charge on any atom is 0.336 e. The molecule has 0 aliphatic heterocycles. The molecule has 1 fully saturated rings. The summed E-state index contributed by atoms with van der Waals surface area (Å²) < 4.78 is 0. The summed E-state index contributed by atoms with van der Waals surface area (Å²) in [5.41, 5.74) is 1.73. The summed E-state index contributed by atoms with van der Waals surface area (Å²) in [5, 5.41) is 10.3. The van der Waals surface area contributed by atoms with E-state index >= 15 is 0 Å². The second kappa shape index (κ2) is 3.70. The Bertz CT molecular complexity index is 620. The number of nitrogens with zero attached hydrogens (tertiary/aromatic N) is 1. The lowest BCUT2D eigenvalue weighted by molar-refractivity contribution is 0.0699. The van der Waals surface area contributed by atoms with E-state index in [0.717, 1.165) is 18.5 Å². The van der Waals surface area contributed by atoms with Gasteiger partial charge in [0.05, 0.1) is 16.1 Å². The Morgan fingerprint density at radius 3 is 2.82 bits per heavy atom. The van der Waals surface area contributed by atoms with Crippen LogP contribution in [0.1, 0.15) is 34.8 Å². The summed E-state index contributed by atoms with van der Waals surface area (Å²) >= 11 is 6.08. The fourth-order valence-corrected chi connectivity index (χ4v) is 2.22. The summed E-state index contributed by atoms with van der Waals surface area (Å²) in [4.78, 5) is 15.7. The van der Waals surface area contributed by atoms with Gasteiger partial charge in [-0.1, -0.05) is 23.7 Å². The van der Waals surface area contributed by atoms with E-state index in [1.807, 2.05) is 0 Å². The lowest BCUT2D eigenvalue weighted by atomic mass is 10.1. The fraction of sp³-hybridized carbons (Fsp3) is 0.231. The van der Waals surface area contributed by atoms with Crippen LogP contribution in [0.25, 0.3) is 10.9 Å².